The third kappa shape index (κ3) is 3.59. The van der Waals surface area contributed by atoms with E-state index in [2.05, 4.69) is 5.32 Å². The molecule has 30 heavy (non-hydrogen) atoms. The van der Waals surface area contributed by atoms with Gasteiger partial charge in [-0.15, -0.1) is 0 Å². The van der Waals surface area contributed by atoms with Gasteiger partial charge >= 0.3 is 5.92 Å². The van der Waals surface area contributed by atoms with Crippen molar-refractivity contribution in [1.82, 2.24) is 10.2 Å². The summed E-state index contributed by atoms with van der Waals surface area (Å²) in [4.78, 5) is 25.6. The summed E-state index contributed by atoms with van der Waals surface area (Å²) < 4.78 is 62.0. The van der Waals surface area contributed by atoms with Crippen molar-refractivity contribution in [3.8, 4) is 5.75 Å². The van der Waals surface area contributed by atoms with E-state index in [0.717, 1.165) is 4.90 Å². The lowest BCUT2D eigenvalue weighted by Crippen LogP contribution is -2.56. The Morgan fingerprint density at radius 1 is 1.07 bits per heavy atom. The lowest BCUT2D eigenvalue weighted by Gasteiger charge is -2.41. The lowest BCUT2D eigenvalue weighted by molar-refractivity contribution is -0.162. The smallest absolute Gasteiger partial charge is 0.350 e. The van der Waals surface area contributed by atoms with Crippen LogP contribution in [0.5, 0.6) is 5.75 Å². The number of fused-ring (bicyclic) bond motifs is 1. The van der Waals surface area contributed by atoms with Crippen LogP contribution in [-0.4, -0.2) is 41.9 Å². The number of para-hydroxylation sites is 1. The van der Waals surface area contributed by atoms with Crippen LogP contribution >= 0.6 is 0 Å². The Kier molecular flexibility index (Phi) is 4.91. The number of hydrogen-bond acceptors (Lipinski definition) is 3. The van der Waals surface area contributed by atoms with Crippen molar-refractivity contribution < 1.29 is 31.9 Å². The molecule has 0 atom stereocenters. The molecule has 5 nitrogen and oxygen atoms in total. The summed E-state index contributed by atoms with van der Waals surface area (Å²) in [5, 5.41) is 2.77. The lowest BCUT2D eigenvalue weighted by atomic mass is 9.90. The predicted octanol–water partition coefficient (Wildman–Crippen LogP) is 3.24. The van der Waals surface area contributed by atoms with E-state index in [-0.39, 0.29) is 38.4 Å². The molecule has 0 aliphatic carbocycles. The quantitative estimate of drug-likeness (QED) is 0.756. The molecule has 2 aliphatic heterocycles. The first-order valence-electron chi connectivity index (χ1n) is 9.40. The zero-order chi connectivity index (χ0) is 21.5. The fourth-order valence-electron chi connectivity index (χ4n) is 3.80. The van der Waals surface area contributed by atoms with Gasteiger partial charge in [-0.05, 0) is 24.3 Å². The number of ether oxygens (including phenoxy) is 1. The van der Waals surface area contributed by atoms with E-state index in [1.807, 2.05) is 0 Å². The average Bonchev–Trinajstić information content (AvgIpc) is 2.84. The molecular weight excluding hydrogens is 404 g/mol. The molecule has 0 aromatic heterocycles. The maximum absolute atomic E-state index is 14.6. The number of hydrogen-bond donors (Lipinski definition) is 1. The zero-order valence-electron chi connectivity index (χ0n) is 15.8. The van der Waals surface area contributed by atoms with Gasteiger partial charge in [0.25, 0.3) is 11.8 Å². The van der Waals surface area contributed by atoms with Crippen LogP contribution < -0.4 is 10.1 Å². The SMILES string of the molecule is O=C1NCC2(CCN(C(=O)C(F)(F)c3cc(F)cc(F)c3)CC2)Oc2ccccc21. The van der Waals surface area contributed by atoms with Crippen molar-refractivity contribution in [2.24, 2.45) is 0 Å². The maximum atomic E-state index is 14.6. The summed E-state index contributed by atoms with van der Waals surface area (Å²) in [7, 11) is 0. The molecule has 2 aromatic carbocycles. The molecule has 1 spiro atoms. The molecule has 2 aromatic rings. The van der Waals surface area contributed by atoms with Crippen molar-refractivity contribution in [2.45, 2.75) is 24.4 Å². The van der Waals surface area contributed by atoms with Gasteiger partial charge in [-0.1, -0.05) is 12.1 Å². The molecule has 1 fully saturated rings. The Hall–Kier alpha value is -3.10. The summed E-state index contributed by atoms with van der Waals surface area (Å²) in [5.41, 5.74) is -1.48. The Balaban J connectivity index is 1.50. The van der Waals surface area contributed by atoms with Crippen LogP contribution in [0.3, 0.4) is 0 Å². The van der Waals surface area contributed by atoms with Crippen LogP contribution in [0.1, 0.15) is 28.8 Å². The Bertz CT molecular complexity index is 983. The van der Waals surface area contributed by atoms with Gasteiger partial charge in [0.05, 0.1) is 12.1 Å². The molecule has 2 amide bonds. The molecule has 1 N–H and O–H groups in total. The third-order valence-corrected chi connectivity index (χ3v) is 5.48. The first-order valence-corrected chi connectivity index (χ1v) is 9.40. The number of nitrogens with zero attached hydrogens (tertiary/aromatic N) is 1. The van der Waals surface area contributed by atoms with Crippen molar-refractivity contribution in [3.05, 3.63) is 65.2 Å². The van der Waals surface area contributed by atoms with Crippen LogP contribution in [0.2, 0.25) is 0 Å². The van der Waals surface area contributed by atoms with E-state index < -0.39 is 34.6 Å². The minimum absolute atomic E-state index is 0.0513. The number of likely N-dealkylation sites (tertiary alicyclic amines) is 1. The van der Waals surface area contributed by atoms with Gasteiger partial charge in [-0.25, -0.2) is 8.78 Å². The highest BCUT2D eigenvalue weighted by Crippen LogP contribution is 2.36. The Morgan fingerprint density at radius 2 is 1.70 bits per heavy atom. The standard InChI is InChI=1S/C21H18F4N2O3/c22-14-9-13(10-15(23)11-14)21(24,25)19(29)27-7-5-20(6-8-27)12-26-18(28)16-3-1-2-4-17(16)30-20/h1-4,9-11H,5-8,12H2,(H,26,28). The summed E-state index contributed by atoms with van der Waals surface area (Å²) in [6.45, 7) is 0.0720. The molecule has 2 aliphatic rings. The Labute approximate surface area is 169 Å². The van der Waals surface area contributed by atoms with E-state index in [1.54, 1.807) is 24.3 Å². The molecule has 2 heterocycles. The predicted molar refractivity (Wildman–Crippen MR) is 98.2 cm³/mol. The van der Waals surface area contributed by atoms with Gasteiger partial charge < -0.3 is 15.0 Å². The Morgan fingerprint density at radius 3 is 2.37 bits per heavy atom. The van der Waals surface area contributed by atoms with Crippen LogP contribution in [0, 0.1) is 11.6 Å². The van der Waals surface area contributed by atoms with Crippen LogP contribution in [-0.2, 0) is 10.7 Å². The second kappa shape index (κ2) is 7.30. The first-order chi connectivity index (χ1) is 14.2. The summed E-state index contributed by atoms with van der Waals surface area (Å²) in [6, 6.07) is 8.08. The monoisotopic (exact) mass is 422 g/mol. The minimum atomic E-state index is -4.07. The van der Waals surface area contributed by atoms with E-state index >= 15 is 0 Å². The number of rotatable bonds is 2. The maximum Gasteiger partial charge on any atom is 0.350 e. The molecular formula is C21H18F4N2O3. The van der Waals surface area contributed by atoms with Gasteiger partial charge in [-0.3, -0.25) is 9.59 Å². The number of nitrogens with one attached hydrogen (secondary N) is 1. The van der Waals surface area contributed by atoms with E-state index in [4.69, 9.17) is 4.74 Å². The summed E-state index contributed by atoms with van der Waals surface area (Å²) in [6.07, 6.45) is 0.419. The van der Waals surface area contributed by atoms with Gasteiger partial charge in [-0.2, -0.15) is 8.78 Å². The number of benzene rings is 2. The largest absolute Gasteiger partial charge is 0.484 e. The molecule has 0 bridgehead atoms. The molecule has 158 valence electrons. The summed E-state index contributed by atoms with van der Waals surface area (Å²) >= 11 is 0. The van der Waals surface area contributed by atoms with Gasteiger partial charge in [0.2, 0.25) is 0 Å². The highest BCUT2D eigenvalue weighted by atomic mass is 19.3. The average molecular weight is 422 g/mol. The van der Waals surface area contributed by atoms with Crippen molar-refractivity contribution in [3.63, 3.8) is 0 Å². The molecule has 0 unspecified atom stereocenters. The van der Waals surface area contributed by atoms with Gasteiger partial charge in [0, 0.05) is 37.6 Å². The van der Waals surface area contributed by atoms with Gasteiger partial charge in [0.15, 0.2) is 0 Å². The molecule has 0 radical (unpaired) electrons. The number of alkyl halides is 2. The third-order valence-electron chi connectivity index (χ3n) is 5.48. The normalized spacial score (nSPS) is 18.3. The number of halogens is 4. The molecule has 0 saturated carbocycles. The van der Waals surface area contributed by atoms with Crippen LogP contribution in [0.15, 0.2) is 42.5 Å². The van der Waals surface area contributed by atoms with Crippen LogP contribution in [0.4, 0.5) is 17.6 Å². The van der Waals surface area contributed by atoms with E-state index in [0.29, 0.717) is 29.5 Å². The topological polar surface area (TPSA) is 58.6 Å². The second-order valence-corrected chi connectivity index (χ2v) is 7.49. The number of carbonyl (C=O) groups excluding carboxylic acids is 2. The van der Waals surface area contributed by atoms with Crippen molar-refractivity contribution in [2.75, 3.05) is 19.6 Å². The van der Waals surface area contributed by atoms with Gasteiger partial charge in [0.1, 0.15) is 23.0 Å². The fraction of sp³-hybridized carbons (Fsp3) is 0.333. The number of carbonyl (C=O) groups is 2. The molecule has 9 heteroatoms. The summed E-state index contributed by atoms with van der Waals surface area (Å²) in [5.74, 6) is -7.86. The van der Waals surface area contributed by atoms with Crippen molar-refractivity contribution in [1.29, 1.82) is 0 Å². The first kappa shape index (κ1) is 20.2. The molecule has 4 rings (SSSR count). The van der Waals surface area contributed by atoms with Crippen molar-refractivity contribution >= 4 is 11.8 Å². The second-order valence-electron chi connectivity index (χ2n) is 7.49. The number of amides is 2. The highest BCUT2D eigenvalue weighted by molar-refractivity contribution is 5.97. The highest BCUT2D eigenvalue weighted by Gasteiger charge is 2.48. The van der Waals surface area contributed by atoms with E-state index in [1.165, 1.54) is 0 Å². The number of piperidine rings is 1. The van der Waals surface area contributed by atoms with Crippen LogP contribution in [0.25, 0.3) is 0 Å². The fourth-order valence-corrected chi connectivity index (χ4v) is 3.80. The van der Waals surface area contributed by atoms with E-state index in [9.17, 15) is 27.2 Å². The molecule has 1 saturated heterocycles. The zero-order valence-corrected chi connectivity index (χ0v) is 15.8. The minimum Gasteiger partial charge on any atom is -0.484 e.